The Morgan fingerprint density at radius 1 is 1.40 bits per heavy atom. The van der Waals surface area contributed by atoms with Crippen molar-refractivity contribution in [2.24, 2.45) is 11.8 Å². The number of allylic oxidation sites excluding steroid dienone is 2. The Morgan fingerprint density at radius 2 is 2.27 bits per heavy atom. The van der Waals surface area contributed by atoms with Gasteiger partial charge in [0.25, 0.3) is 0 Å². The van der Waals surface area contributed by atoms with Crippen molar-refractivity contribution >= 4 is 0 Å². The van der Waals surface area contributed by atoms with Crippen molar-refractivity contribution in [2.45, 2.75) is 45.2 Å². The van der Waals surface area contributed by atoms with E-state index in [1.165, 1.54) is 25.8 Å². The number of nitrogens with zero attached hydrogens (tertiary/aromatic N) is 1. The molecule has 82 valence electrons. The molecule has 3 aliphatic rings. The lowest BCUT2D eigenvalue weighted by Crippen LogP contribution is -2.37. The SMILES string of the molecule is CC(C)N1CC2CCCC3=CC=CC1C32. The summed E-state index contributed by atoms with van der Waals surface area (Å²) >= 11 is 0. The fourth-order valence-electron chi connectivity index (χ4n) is 3.79. The van der Waals surface area contributed by atoms with Crippen LogP contribution in [-0.2, 0) is 0 Å². The minimum atomic E-state index is 0.699. The number of hydrogen-bond donors (Lipinski definition) is 0. The van der Waals surface area contributed by atoms with Crippen molar-refractivity contribution in [3.05, 3.63) is 23.8 Å². The van der Waals surface area contributed by atoms with E-state index in [1.807, 2.05) is 0 Å². The van der Waals surface area contributed by atoms with Crippen molar-refractivity contribution in [1.29, 1.82) is 0 Å². The van der Waals surface area contributed by atoms with E-state index in [1.54, 1.807) is 5.57 Å². The first-order valence-corrected chi connectivity index (χ1v) is 6.40. The molecule has 0 amide bonds. The van der Waals surface area contributed by atoms with E-state index in [2.05, 4.69) is 37.0 Å². The molecule has 0 aromatic heterocycles. The van der Waals surface area contributed by atoms with Crippen LogP contribution in [0.5, 0.6) is 0 Å². The molecule has 1 aliphatic heterocycles. The predicted molar refractivity (Wildman–Crippen MR) is 63.7 cm³/mol. The fourth-order valence-corrected chi connectivity index (χ4v) is 3.79. The second-order valence-electron chi connectivity index (χ2n) is 5.59. The molecule has 0 aromatic rings. The van der Waals surface area contributed by atoms with E-state index in [0.717, 1.165) is 17.9 Å². The molecule has 0 bridgehead atoms. The molecular formula is C14H21N. The van der Waals surface area contributed by atoms with Crippen LogP contribution in [0.25, 0.3) is 0 Å². The van der Waals surface area contributed by atoms with E-state index in [0.29, 0.717) is 6.04 Å². The van der Waals surface area contributed by atoms with E-state index in [-0.39, 0.29) is 0 Å². The zero-order valence-corrected chi connectivity index (χ0v) is 9.82. The summed E-state index contributed by atoms with van der Waals surface area (Å²) in [6.07, 6.45) is 11.3. The highest BCUT2D eigenvalue weighted by atomic mass is 15.2. The zero-order chi connectivity index (χ0) is 10.4. The first kappa shape index (κ1) is 9.65. The first-order valence-electron chi connectivity index (χ1n) is 6.40. The fraction of sp³-hybridized carbons (Fsp3) is 0.714. The van der Waals surface area contributed by atoms with Crippen LogP contribution < -0.4 is 0 Å². The first-order chi connectivity index (χ1) is 7.27. The molecule has 0 radical (unpaired) electrons. The largest absolute Gasteiger partial charge is 0.294 e. The molecule has 0 N–H and O–H groups in total. The molecule has 2 aliphatic carbocycles. The highest BCUT2D eigenvalue weighted by Gasteiger charge is 2.44. The molecule has 1 heteroatoms. The molecule has 15 heavy (non-hydrogen) atoms. The summed E-state index contributed by atoms with van der Waals surface area (Å²) in [5.41, 5.74) is 1.74. The normalized spacial score (nSPS) is 39.4. The molecule has 3 unspecified atom stereocenters. The maximum absolute atomic E-state index is 2.70. The van der Waals surface area contributed by atoms with E-state index < -0.39 is 0 Å². The molecular weight excluding hydrogens is 182 g/mol. The Kier molecular flexibility index (Phi) is 2.24. The summed E-state index contributed by atoms with van der Waals surface area (Å²) in [4.78, 5) is 2.70. The van der Waals surface area contributed by atoms with Crippen LogP contribution in [0.1, 0.15) is 33.1 Å². The Labute approximate surface area is 92.8 Å². The molecule has 2 fully saturated rings. The third-order valence-corrected chi connectivity index (χ3v) is 4.45. The average Bonchev–Trinajstić information content (AvgIpc) is 2.61. The molecule has 1 saturated heterocycles. The minimum absolute atomic E-state index is 0.699. The van der Waals surface area contributed by atoms with Gasteiger partial charge in [-0.05, 0) is 39.0 Å². The Morgan fingerprint density at radius 3 is 3.07 bits per heavy atom. The monoisotopic (exact) mass is 203 g/mol. The van der Waals surface area contributed by atoms with Gasteiger partial charge in [0.15, 0.2) is 0 Å². The zero-order valence-electron chi connectivity index (χ0n) is 9.82. The van der Waals surface area contributed by atoms with Gasteiger partial charge >= 0.3 is 0 Å². The van der Waals surface area contributed by atoms with Crippen LogP contribution in [0.4, 0.5) is 0 Å². The van der Waals surface area contributed by atoms with Gasteiger partial charge in [-0.1, -0.05) is 23.8 Å². The van der Waals surface area contributed by atoms with Crippen LogP contribution in [0.15, 0.2) is 23.8 Å². The van der Waals surface area contributed by atoms with Crippen molar-refractivity contribution in [1.82, 2.24) is 4.90 Å². The topological polar surface area (TPSA) is 3.24 Å². The maximum atomic E-state index is 2.70. The molecule has 1 heterocycles. The third kappa shape index (κ3) is 1.40. The second kappa shape index (κ2) is 3.48. The van der Waals surface area contributed by atoms with Crippen LogP contribution in [0, 0.1) is 11.8 Å². The van der Waals surface area contributed by atoms with Gasteiger partial charge in [-0.3, -0.25) is 4.90 Å². The Balaban J connectivity index is 1.93. The molecule has 1 saturated carbocycles. The highest BCUT2D eigenvalue weighted by molar-refractivity contribution is 5.30. The van der Waals surface area contributed by atoms with Gasteiger partial charge in [0, 0.05) is 24.5 Å². The summed E-state index contributed by atoms with van der Waals surface area (Å²) in [5, 5.41) is 0. The van der Waals surface area contributed by atoms with Gasteiger partial charge in [-0.2, -0.15) is 0 Å². The molecule has 0 spiro atoms. The van der Waals surface area contributed by atoms with Crippen molar-refractivity contribution < 1.29 is 0 Å². The summed E-state index contributed by atoms with van der Waals surface area (Å²) in [7, 11) is 0. The summed E-state index contributed by atoms with van der Waals surface area (Å²) in [5.74, 6) is 1.81. The third-order valence-electron chi connectivity index (χ3n) is 4.45. The standard InChI is InChI=1S/C14H21N/c1-10(2)15-9-12-7-3-5-11-6-4-8-13(15)14(11)12/h4,6,8,10,12-14H,3,5,7,9H2,1-2H3. The smallest absolute Gasteiger partial charge is 0.0352 e. The van der Waals surface area contributed by atoms with Gasteiger partial charge < -0.3 is 0 Å². The summed E-state index contributed by atoms with van der Waals surface area (Å²) < 4.78 is 0. The van der Waals surface area contributed by atoms with Crippen molar-refractivity contribution in [2.75, 3.05) is 6.54 Å². The predicted octanol–water partition coefficient (Wildman–Crippen LogP) is 2.99. The van der Waals surface area contributed by atoms with Crippen LogP contribution >= 0.6 is 0 Å². The Hall–Kier alpha value is -0.560. The number of rotatable bonds is 1. The van der Waals surface area contributed by atoms with E-state index >= 15 is 0 Å². The lowest BCUT2D eigenvalue weighted by atomic mass is 9.73. The molecule has 1 nitrogen and oxygen atoms in total. The lowest BCUT2D eigenvalue weighted by Gasteiger charge is -2.34. The van der Waals surface area contributed by atoms with Crippen LogP contribution in [0.3, 0.4) is 0 Å². The molecule has 3 rings (SSSR count). The van der Waals surface area contributed by atoms with Crippen LogP contribution in [0.2, 0.25) is 0 Å². The molecule has 3 atom stereocenters. The second-order valence-corrected chi connectivity index (χ2v) is 5.59. The average molecular weight is 203 g/mol. The van der Waals surface area contributed by atoms with Crippen molar-refractivity contribution in [3.8, 4) is 0 Å². The Bertz CT molecular complexity index is 313. The van der Waals surface area contributed by atoms with Gasteiger partial charge in [0.2, 0.25) is 0 Å². The summed E-state index contributed by atoms with van der Waals surface area (Å²) in [6.45, 7) is 6.00. The van der Waals surface area contributed by atoms with Gasteiger partial charge in [-0.25, -0.2) is 0 Å². The van der Waals surface area contributed by atoms with Crippen LogP contribution in [-0.4, -0.2) is 23.5 Å². The number of hydrogen-bond acceptors (Lipinski definition) is 1. The molecule has 0 aromatic carbocycles. The minimum Gasteiger partial charge on any atom is -0.294 e. The quantitative estimate of drug-likeness (QED) is 0.633. The highest BCUT2D eigenvalue weighted by Crippen LogP contribution is 2.46. The maximum Gasteiger partial charge on any atom is 0.0352 e. The lowest BCUT2D eigenvalue weighted by molar-refractivity contribution is 0.220. The van der Waals surface area contributed by atoms with Gasteiger partial charge in [0.1, 0.15) is 0 Å². The summed E-state index contributed by atoms with van der Waals surface area (Å²) in [6, 6.07) is 1.42. The van der Waals surface area contributed by atoms with Gasteiger partial charge in [0.05, 0.1) is 0 Å². The van der Waals surface area contributed by atoms with E-state index in [4.69, 9.17) is 0 Å². The number of likely N-dealkylation sites (tertiary alicyclic amines) is 1. The van der Waals surface area contributed by atoms with Crippen molar-refractivity contribution in [3.63, 3.8) is 0 Å². The van der Waals surface area contributed by atoms with E-state index in [9.17, 15) is 0 Å². The van der Waals surface area contributed by atoms with Gasteiger partial charge in [-0.15, -0.1) is 0 Å².